The van der Waals surface area contributed by atoms with Gasteiger partial charge in [-0.05, 0) is 43.7 Å². The summed E-state index contributed by atoms with van der Waals surface area (Å²) < 4.78 is 16.3. The summed E-state index contributed by atoms with van der Waals surface area (Å²) in [6.45, 7) is 4.62. The highest BCUT2D eigenvalue weighted by molar-refractivity contribution is 5.78. The Morgan fingerprint density at radius 3 is 2.63 bits per heavy atom. The van der Waals surface area contributed by atoms with Gasteiger partial charge in [0.1, 0.15) is 0 Å². The molecular formula is C22H19N5O3. The minimum atomic E-state index is 0.256. The number of hydrogen-bond acceptors (Lipinski definition) is 8. The molecule has 0 saturated carbocycles. The third-order valence-corrected chi connectivity index (χ3v) is 4.75. The van der Waals surface area contributed by atoms with Gasteiger partial charge in [-0.25, -0.2) is 9.97 Å². The van der Waals surface area contributed by atoms with Crippen LogP contribution in [0.1, 0.15) is 17.0 Å². The van der Waals surface area contributed by atoms with E-state index in [0.717, 1.165) is 45.3 Å². The summed E-state index contributed by atoms with van der Waals surface area (Å²) in [5.41, 5.74) is 5.13. The van der Waals surface area contributed by atoms with Gasteiger partial charge in [0.25, 0.3) is 0 Å². The molecule has 0 atom stereocenters. The SMILES string of the molecule is Cc1ccc(-c2nc(NCc3ccc4c(c3)OCO4)ncc2-c2cc(C)no2)cn1. The molecule has 3 aromatic heterocycles. The largest absolute Gasteiger partial charge is 0.454 e. The molecule has 1 aromatic carbocycles. The predicted octanol–water partition coefficient (Wildman–Crippen LogP) is 4.15. The molecule has 1 N–H and O–H groups in total. The Labute approximate surface area is 172 Å². The number of pyridine rings is 1. The maximum atomic E-state index is 5.45. The van der Waals surface area contributed by atoms with E-state index in [4.69, 9.17) is 19.0 Å². The Kier molecular flexibility index (Phi) is 4.51. The second-order valence-corrected chi connectivity index (χ2v) is 7.02. The fourth-order valence-electron chi connectivity index (χ4n) is 3.20. The van der Waals surface area contributed by atoms with Gasteiger partial charge in [-0.2, -0.15) is 0 Å². The number of rotatable bonds is 5. The Balaban J connectivity index is 1.46. The van der Waals surface area contributed by atoms with Crippen LogP contribution in [-0.4, -0.2) is 26.9 Å². The van der Waals surface area contributed by atoms with Crippen LogP contribution < -0.4 is 14.8 Å². The van der Waals surface area contributed by atoms with Crippen LogP contribution in [0.3, 0.4) is 0 Å². The van der Waals surface area contributed by atoms with E-state index in [0.29, 0.717) is 18.3 Å². The molecule has 0 aliphatic carbocycles. The molecule has 5 rings (SSSR count). The molecule has 0 radical (unpaired) electrons. The first kappa shape index (κ1) is 18.1. The molecule has 8 heteroatoms. The maximum absolute atomic E-state index is 5.45. The first-order valence-electron chi connectivity index (χ1n) is 9.52. The summed E-state index contributed by atoms with van der Waals surface area (Å²) in [6, 6.07) is 11.6. The second kappa shape index (κ2) is 7.47. The zero-order valence-corrected chi connectivity index (χ0v) is 16.5. The third-order valence-electron chi connectivity index (χ3n) is 4.75. The van der Waals surface area contributed by atoms with E-state index in [1.807, 2.05) is 50.2 Å². The lowest BCUT2D eigenvalue weighted by atomic mass is 10.1. The lowest BCUT2D eigenvalue weighted by Gasteiger charge is -2.10. The summed E-state index contributed by atoms with van der Waals surface area (Å²) in [4.78, 5) is 13.6. The van der Waals surface area contributed by atoms with Crippen LogP contribution in [0.15, 0.2) is 53.3 Å². The third kappa shape index (κ3) is 3.55. The quantitative estimate of drug-likeness (QED) is 0.533. The summed E-state index contributed by atoms with van der Waals surface area (Å²) in [7, 11) is 0. The van der Waals surface area contributed by atoms with Crippen molar-refractivity contribution in [3.05, 3.63) is 65.7 Å². The first-order valence-corrected chi connectivity index (χ1v) is 9.52. The van der Waals surface area contributed by atoms with Crippen molar-refractivity contribution in [2.45, 2.75) is 20.4 Å². The first-order chi connectivity index (χ1) is 14.7. The number of aryl methyl sites for hydroxylation is 2. The lowest BCUT2D eigenvalue weighted by molar-refractivity contribution is 0.174. The monoisotopic (exact) mass is 401 g/mol. The molecule has 0 fully saturated rings. The minimum absolute atomic E-state index is 0.256. The molecule has 4 heterocycles. The smallest absolute Gasteiger partial charge is 0.231 e. The van der Waals surface area contributed by atoms with Crippen LogP contribution in [0, 0.1) is 13.8 Å². The summed E-state index contributed by atoms with van der Waals surface area (Å²) in [5, 5.41) is 7.26. The highest BCUT2D eigenvalue weighted by Crippen LogP contribution is 2.33. The summed E-state index contributed by atoms with van der Waals surface area (Å²) in [6.07, 6.45) is 3.54. The van der Waals surface area contributed by atoms with Crippen molar-refractivity contribution in [1.29, 1.82) is 0 Å². The van der Waals surface area contributed by atoms with Crippen molar-refractivity contribution < 1.29 is 14.0 Å². The van der Waals surface area contributed by atoms with Gasteiger partial charge in [0, 0.05) is 36.3 Å². The standard InChI is InChI=1S/C22H19N5O3/c1-13-3-5-16(10-23-13)21-17(19-7-14(2)27-30-19)11-25-22(26-21)24-9-15-4-6-18-20(8-15)29-12-28-18/h3-8,10-11H,9,12H2,1-2H3,(H,24,25,26). The molecule has 8 nitrogen and oxygen atoms in total. The topological polar surface area (TPSA) is 95.2 Å². The zero-order chi connectivity index (χ0) is 20.5. The molecule has 0 saturated heterocycles. The molecule has 4 aromatic rings. The minimum Gasteiger partial charge on any atom is -0.454 e. The highest BCUT2D eigenvalue weighted by atomic mass is 16.7. The second-order valence-electron chi connectivity index (χ2n) is 7.02. The lowest BCUT2D eigenvalue weighted by Crippen LogP contribution is -2.05. The van der Waals surface area contributed by atoms with Crippen LogP contribution in [0.25, 0.3) is 22.6 Å². The van der Waals surface area contributed by atoms with Crippen LogP contribution in [0.4, 0.5) is 5.95 Å². The Hall–Kier alpha value is -3.94. The van der Waals surface area contributed by atoms with Crippen LogP contribution in [-0.2, 0) is 6.54 Å². The van der Waals surface area contributed by atoms with Gasteiger partial charge in [-0.3, -0.25) is 4.98 Å². The fourth-order valence-corrected chi connectivity index (χ4v) is 3.20. The normalized spacial score (nSPS) is 12.2. The highest BCUT2D eigenvalue weighted by Gasteiger charge is 2.16. The molecule has 0 unspecified atom stereocenters. The number of ether oxygens (including phenoxy) is 2. The van der Waals surface area contributed by atoms with E-state index in [1.54, 1.807) is 12.4 Å². The van der Waals surface area contributed by atoms with E-state index < -0.39 is 0 Å². The van der Waals surface area contributed by atoms with E-state index in [-0.39, 0.29) is 6.79 Å². The Morgan fingerprint density at radius 2 is 1.83 bits per heavy atom. The van der Waals surface area contributed by atoms with E-state index >= 15 is 0 Å². The predicted molar refractivity (Wildman–Crippen MR) is 110 cm³/mol. The zero-order valence-electron chi connectivity index (χ0n) is 16.5. The molecule has 1 aliphatic heterocycles. The van der Waals surface area contributed by atoms with Crippen LogP contribution >= 0.6 is 0 Å². The number of anilines is 1. The average molecular weight is 401 g/mol. The van der Waals surface area contributed by atoms with Gasteiger partial charge in [-0.1, -0.05) is 11.2 Å². The number of aromatic nitrogens is 4. The number of hydrogen-bond donors (Lipinski definition) is 1. The van der Waals surface area contributed by atoms with E-state index in [1.165, 1.54) is 0 Å². The molecule has 0 spiro atoms. The van der Waals surface area contributed by atoms with Gasteiger partial charge in [0.2, 0.25) is 12.7 Å². The van der Waals surface area contributed by atoms with Gasteiger partial charge >= 0.3 is 0 Å². The molecular weight excluding hydrogens is 382 g/mol. The maximum Gasteiger partial charge on any atom is 0.231 e. The number of nitrogens with one attached hydrogen (secondary N) is 1. The average Bonchev–Trinajstić information content (AvgIpc) is 3.41. The van der Waals surface area contributed by atoms with Crippen LogP contribution in [0.5, 0.6) is 11.5 Å². The van der Waals surface area contributed by atoms with Gasteiger partial charge < -0.3 is 19.3 Å². The van der Waals surface area contributed by atoms with Crippen molar-refractivity contribution >= 4 is 5.95 Å². The van der Waals surface area contributed by atoms with Crippen molar-refractivity contribution in [3.63, 3.8) is 0 Å². The van der Waals surface area contributed by atoms with Crippen molar-refractivity contribution in [2.24, 2.45) is 0 Å². The number of benzene rings is 1. The van der Waals surface area contributed by atoms with E-state index in [9.17, 15) is 0 Å². The molecule has 0 bridgehead atoms. The number of nitrogens with zero attached hydrogens (tertiary/aromatic N) is 4. The Morgan fingerprint density at radius 1 is 0.933 bits per heavy atom. The summed E-state index contributed by atoms with van der Waals surface area (Å²) in [5.74, 6) is 2.63. The number of fused-ring (bicyclic) bond motifs is 1. The van der Waals surface area contributed by atoms with Crippen molar-refractivity contribution in [1.82, 2.24) is 20.1 Å². The van der Waals surface area contributed by atoms with E-state index in [2.05, 4.69) is 20.4 Å². The fraction of sp³-hybridized carbons (Fsp3) is 0.182. The van der Waals surface area contributed by atoms with Gasteiger partial charge in [-0.15, -0.1) is 0 Å². The van der Waals surface area contributed by atoms with Crippen LogP contribution in [0.2, 0.25) is 0 Å². The summed E-state index contributed by atoms with van der Waals surface area (Å²) >= 11 is 0. The van der Waals surface area contributed by atoms with Gasteiger partial charge in [0.15, 0.2) is 17.3 Å². The molecule has 1 aliphatic rings. The Bertz CT molecular complexity index is 1200. The molecule has 0 amide bonds. The molecule has 150 valence electrons. The van der Waals surface area contributed by atoms with Crippen molar-refractivity contribution in [2.75, 3.05) is 12.1 Å². The van der Waals surface area contributed by atoms with Crippen molar-refractivity contribution in [3.8, 4) is 34.1 Å². The van der Waals surface area contributed by atoms with Gasteiger partial charge in [0.05, 0.1) is 17.0 Å². The molecule has 30 heavy (non-hydrogen) atoms.